The average Bonchev–Trinajstić information content (AvgIpc) is 1.88. The number of benzene rings is 1. The van der Waals surface area contributed by atoms with Gasteiger partial charge in [0.1, 0.15) is 0 Å². The summed E-state index contributed by atoms with van der Waals surface area (Å²) in [5.74, 6) is 0. The van der Waals surface area contributed by atoms with Crippen molar-refractivity contribution >= 4 is 18.7 Å². The second-order valence-electron chi connectivity index (χ2n) is 2.21. The summed E-state index contributed by atoms with van der Waals surface area (Å²) in [5, 5.41) is 0. The third kappa shape index (κ3) is 1.24. The first kappa shape index (κ1) is 7.42. The van der Waals surface area contributed by atoms with Crippen LogP contribution in [0.25, 0.3) is 6.08 Å². The Labute approximate surface area is 67.0 Å². The molecule has 10 heavy (non-hydrogen) atoms. The number of thiol groups is 1. The maximum Gasteiger partial charge on any atom is 0.0115 e. The van der Waals surface area contributed by atoms with E-state index in [-0.39, 0.29) is 0 Å². The maximum absolute atomic E-state index is 4.28. The Balaban J connectivity index is 3.30. The van der Waals surface area contributed by atoms with E-state index in [1.54, 1.807) is 0 Å². The second-order valence-corrected chi connectivity index (χ2v) is 2.69. The zero-order valence-corrected chi connectivity index (χ0v) is 6.86. The predicted molar refractivity (Wildman–Crippen MR) is 48.5 cm³/mol. The predicted octanol–water partition coefficient (Wildman–Crippen LogP) is 2.93. The first-order valence-electron chi connectivity index (χ1n) is 3.16. The molecule has 0 unspecified atom stereocenters. The van der Waals surface area contributed by atoms with E-state index < -0.39 is 0 Å². The lowest BCUT2D eigenvalue weighted by Crippen LogP contribution is -1.80. The van der Waals surface area contributed by atoms with E-state index in [0.29, 0.717) is 0 Å². The van der Waals surface area contributed by atoms with Gasteiger partial charge in [0.2, 0.25) is 0 Å². The monoisotopic (exact) mass is 150 g/mol. The molecule has 0 saturated heterocycles. The molecule has 0 nitrogen and oxygen atoms in total. The van der Waals surface area contributed by atoms with Crippen LogP contribution < -0.4 is 0 Å². The van der Waals surface area contributed by atoms with Crippen molar-refractivity contribution < 1.29 is 0 Å². The van der Waals surface area contributed by atoms with Crippen LogP contribution in [0.4, 0.5) is 0 Å². The van der Waals surface area contributed by atoms with Gasteiger partial charge in [0, 0.05) is 4.90 Å². The molecule has 0 radical (unpaired) electrons. The highest BCUT2D eigenvalue weighted by Crippen LogP contribution is 2.18. The molecule has 0 bridgehead atoms. The van der Waals surface area contributed by atoms with E-state index in [2.05, 4.69) is 32.2 Å². The molecule has 1 rings (SSSR count). The van der Waals surface area contributed by atoms with Crippen LogP contribution >= 0.6 is 12.6 Å². The number of hydrogen-bond acceptors (Lipinski definition) is 1. The van der Waals surface area contributed by atoms with Gasteiger partial charge in [-0.25, -0.2) is 0 Å². The highest BCUT2D eigenvalue weighted by molar-refractivity contribution is 7.80. The van der Waals surface area contributed by atoms with Crippen LogP contribution in [-0.2, 0) is 0 Å². The van der Waals surface area contributed by atoms with E-state index in [9.17, 15) is 0 Å². The van der Waals surface area contributed by atoms with Crippen LogP contribution in [0.3, 0.4) is 0 Å². The largest absolute Gasteiger partial charge is 0.143 e. The van der Waals surface area contributed by atoms with Gasteiger partial charge in [0.25, 0.3) is 0 Å². The summed E-state index contributed by atoms with van der Waals surface area (Å²) in [7, 11) is 0. The number of rotatable bonds is 1. The Morgan fingerprint density at radius 3 is 2.60 bits per heavy atom. The topological polar surface area (TPSA) is 0 Å². The lowest BCUT2D eigenvalue weighted by Gasteiger charge is -2.01. The van der Waals surface area contributed by atoms with Gasteiger partial charge in [0.15, 0.2) is 0 Å². The highest BCUT2D eigenvalue weighted by Gasteiger charge is 1.95. The quantitative estimate of drug-likeness (QED) is 0.585. The van der Waals surface area contributed by atoms with Crippen molar-refractivity contribution in [3.63, 3.8) is 0 Å². The molecule has 1 heteroatoms. The molecule has 0 aliphatic heterocycles. The Morgan fingerprint density at radius 1 is 1.50 bits per heavy atom. The molecule has 1 aromatic carbocycles. The Morgan fingerprint density at radius 2 is 2.20 bits per heavy atom. The van der Waals surface area contributed by atoms with Gasteiger partial charge in [0.05, 0.1) is 0 Å². The van der Waals surface area contributed by atoms with E-state index in [4.69, 9.17) is 0 Å². The second kappa shape index (κ2) is 2.93. The number of aryl methyl sites for hydroxylation is 1. The SMILES string of the molecule is C=Cc1c(C)cccc1S. The third-order valence-corrected chi connectivity index (χ3v) is 1.90. The molecule has 0 heterocycles. The van der Waals surface area contributed by atoms with E-state index in [1.807, 2.05) is 18.2 Å². The average molecular weight is 150 g/mol. The molecular weight excluding hydrogens is 140 g/mol. The third-order valence-electron chi connectivity index (χ3n) is 1.51. The van der Waals surface area contributed by atoms with Gasteiger partial charge in [-0.05, 0) is 24.1 Å². The Kier molecular flexibility index (Phi) is 2.17. The highest BCUT2D eigenvalue weighted by atomic mass is 32.1. The van der Waals surface area contributed by atoms with Gasteiger partial charge in [-0.2, -0.15) is 0 Å². The van der Waals surface area contributed by atoms with Crippen molar-refractivity contribution in [3.8, 4) is 0 Å². The molecule has 0 atom stereocenters. The summed E-state index contributed by atoms with van der Waals surface area (Å²) >= 11 is 4.28. The molecule has 0 aliphatic carbocycles. The molecule has 0 fully saturated rings. The van der Waals surface area contributed by atoms with E-state index in [1.165, 1.54) is 5.56 Å². The smallest absolute Gasteiger partial charge is 0.0115 e. The van der Waals surface area contributed by atoms with Crippen molar-refractivity contribution in [2.45, 2.75) is 11.8 Å². The summed E-state index contributed by atoms with van der Waals surface area (Å²) in [4.78, 5) is 0.995. The van der Waals surface area contributed by atoms with E-state index in [0.717, 1.165) is 10.5 Å². The van der Waals surface area contributed by atoms with Gasteiger partial charge < -0.3 is 0 Å². The fraction of sp³-hybridized carbons (Fsp3) is 0.111. The Hall–Kier alpha value is -0.690. The molecule has 1 aromatic rings. The van der Waals surface area contributed by atoms with Crippen LogP contribution in [0.2, 0.25) is 0 Å². The van der Waals surface area contributed by atoms with Crippen molar-refractivity contribution in [2.75, 3.05) is 0 Å². The van der Waals surface area contributed by atoms with Crippen LogP contribution in [0.1, 0.15) is 11.1 Å². The van der Waals surface area contributed by atoms with Crippen molar-refractivity contribution in [3.05, 3.63) is 35.9 Å². The molecule has 0 aromatic heterocycles. The van der Waals surface area contributed by atoms with Crippen LogP contribution in [-0.4, -0.2) is 0 Å². The number of hydrogen-bond donors (Lipinski definition) is 1. The normalized spacial score (nSPS) is 9.40. The minimum Gasteiger partial charge on any atom is -0.143 e. The molecule has 52 valence electrons. The molecular formula is C9H10S. The maximum atomic E-state index is 4.28. The Bertz CT molecular complexity index is 231. The standard InChI is InChI=1S/C9H10S/c1-3-8-7(2)5-4-6-9(8)10/h3-6,10H,1H2,2H3. The van der Waals surface area contributed by atoms with Gasteiger partial charge in [-0.3, -0.25) is 0 Å². The lowest BCUT2D eigenvalue weighted by molar-refractivity contribution is 1.34. The zero-order valence-electron chi connectivity index (χ0n) is 5.96. The van der Waals surface area contributed by atoms with Gasteiger partial charge in [-0.15, -0.1) is 12.6 Å². The van der Waals surface area contributed by atoms with Crippen molar-refractivity contribution in [1.29, 1.82) is 0 Å². The van der Waals surface area contributed by atoms with Crippen LogP contribution in [0.5, 0.6) is 0 Å². The minimum atomic E-state index is 0.995. The van der Waals surface area contributed by atoms with E-state index >= 15 is 0 Å². The fourth-order valence-corrected chi connectivity index (χ4v) is 1.28. The first-order valence-corrected chi connectivity index (χ1v) is 3.61. The molecule has 0 saturated carbocycles. The molecule has 0 spiro atoms. The lowest BCUT2D eigenvalue weighted by atomic mass is 10.1. The fourth-order valence-electron chi connectivity index (χ4n) is 0.931. The van der Waals surface area contributed by atoms with Crippen molar-refractivity contribution in [2.24, 2.45) is 0 Å². The minimum absolute atomic E-state index is 0.995. The molecule has 0 amide bonds. The van der Waals surface area contributed by atoms with Gasteiger partial charge in [-0.1, -0.05) is 24.8 Å². The molecule has 0 aliphatic rings. The molecule has 0 N–H and O–H groups in total. The summed E-state index contributed by atoms with van der Waals surface area (Å²) in [5.41, 5.74) is 2.35. The zero-order chi connectivity index (χ0) is 7.56. The van der Waals surface area contributed by atoms with Crippen LogP contribution in [0, 0.1) is 6.92 Å². The summed E-state index contributed by atoms with van der Waals surface area (Å²) < 4.78 is 0. The van der Waals surface area contributed by atoms with Crippen LogP contribution in [0.15, 0.2) is 29.7 Å². The first-order chi connectivity index (χ1) is 4.75. The summed E-state index contributed by atoms with van der Waals surface area (Å²) in [6.07, 6.45) is 1.83. The summed E-state index contributed by atoms with van der Waals surface area (Å²) in [6.45, 7) is 5.76. The van der Waals surface area contributed by atoms with Gasteiger partial charge >= 0.3 is 0 Å². The summed E-state index contributed by atoms with van der Waals surface area (Å²) in [6, 6.07) is 6.01. The van der Waals surface area contributed by atoms with Crippen molar-refractivity contribution in [1.82, 2.24) is 0 Å².